The molecular formula is C17H21N5S4. The fourth-order valence-electron chi connectivity index (χ4n) is 3.17. The highest BCUT2D eigenvalue weighted by molar-refractivity contribution is 8.00. The summed E-state index contributed by atoms with van der Waals surface area (Å²) in [7, 11) is 0. The minimum Gasteiger partial charge on any atom is -0.292 e. The van der Waals surface area contributed by atoms with E-state index in [1.54, 1.807) is 23.1 Å². The molecule has 4 rings (SSSR count). The van der Waals surface area contributed by atoms with Crippen molar-refractivity contribution in [3.63, 3.8) is 0 Å². The van der Waals surface area contributed by atoms with Crippen LogP contribution in [0.5, 0.6) is 0 Å². The van der Waals surface area contributed by atoms with E-state index in [0.29, 0.717) is 6.04 Å². The van der Waals surface area contributed by atoms with Gasteiger partial charge in [0.1, 0.15) is 5.01 Å². The van der Waals surface area contributed by atoms with Gasteiger partial charge in [-0.3, -0.25) is 9.80 Å². The molecule has 5 nitrogen and oxygen atoms in total. The van der Waals surface area contributed by atoms with E-state index in [0.717, 1.165) is 46.7 Å². The summed E-state index contributed by atoms with van der Waals surface area (Å²) in [5.41, 5.74) is 1.11. The van der Waals surface area contributed by atoms with Crippen LogP contribution in [-0.4, -0.2) is 57.0 Å². The van der Waals surface area contributed by atoms with E-state index in [1.807, 2.05) is 22.3 Å². The summed E-state index contributed by atoms with van der Waals surface area (Å²) in [5.74, 6) is 0. The van der Waals surface area contributed by atoms with Gasteiger partial charge in [-0.05, 0) is 37.5 Å². The van der Waals surface area contributed by atoms with Gasteiger partial charge in [0.25, 0.3) is 0 Å². The summed E-state index contributed by atoms with van der Waals surface area (Å²) in [6, 6.07) is 8.75. The molecule has 0 saturated carbocycles. The van der Waals surface area contributed by atoms with Crippen LogP contribution < -0.4 is 0 Å². The average molecular weight is 424 g/mol. The van der Waals surface area contributed by atoms with Crippen LogP contribution in [0.4, 0.5) is 0 Å². The average Bonchev–Trinajstić information content (AvgIpc) is 3.25. The number of para-hydroxylation sites is 1. The summed E-state index contributed by atoms with van der Waals surface area (Å²) >= 11 is 10.5. The minimum absolute atomic E-state index is 0.360. The monoisotopic (exact) mass is 423 g/mol. The van der Waals surface area contributed by atoms with Gasteiger partial charge in [0, 0.05) is 26.2 Å². The Morgan fingerprint density at radius 1 is 1.19 bits per heavy atom. The number of hydrogen-bond acceptors (Lipinski definition) is 8. The van der Waals surface area contributed by atoms with E-state index in [4.69, 9.17) is 17.2 Å². The van der Waals surface area contributed by atoms with Gasteiger partial charge in [-0.25, -0.2) is 9.67 Å². The zero-order valence-corrected chi connectivity index (χ0v) is 18.1. The Hall–Kier alpha value is -0.840. The predicted octanol–water partition coefficient (Wildman–Crippen LogP) is 4.34. The van der Waals surface area contributed by atoms with Gasteiger partial charge < -0.3 is 0 Å². The summed E-state index contributed by atoms with van der Waals surface area (Å²) in [5, 5.41) is 5.79. The summed E-state index contributed by atoms with van der Waals surface area (Å²) < 4.78 is 5.13. The Labute approximate surface area is 170 Å². The van der Waals surface area contributed by atoms with E-state index in [9.17, 15) is 0 Å². The smallest absolute Gasteiger partial charge is 0.181 e. The zero-order valence-electron chi connectivity index (χ0n) is 14.8. The van der Waals surface area contributed by atoms with Crippen LogP contribution in [0.2, 0.25) is 0 Å². The molecule has 9 heteroatoms. The van der Waals surface area contributed by atoms with Crippen LogP contribution in [0.15, 0.2) is 28.6 Å². The van der Waals surface area contributed by atoms with Crippen molar-refractivity contribution in [2.24, 2.45) is 0 Å². The van der Waals surface area contributed by atoms with Crippen molar-refractivity contribution in [3.8, 4) is 0 Å². The SMILES string of the molecule is CSc1nn(CN2CCN(C(C)c3nc4ccccc4s3)CC2)c(=S)s1. The Morgan fingerprint density at radius 2 is 1.96 bits per heavy atom. The number of nitrogens with zero attached hydrogens (tertiary/aromatic N) is 5. The molecule has 1 fully saturated rings. The number of benzene rings is 1. The number of hydrogen-bond donors (Lipinski definition) is 0. The first-order chi connectivity index (χ1) is 12.6. The molecule has 0 spiro atoms. The van der Waals surface area contributed by atoms with Crippen LogP contribution in [-0.2, 0) is 6.67 Å². The van der Waals surface area contributed by atoms with Crippen LogP contribution in [0, 0.1) is 3.95 Å². The highest BCUT2D eigenvalue weighted by atomic mass is 32.2. The number of rotatable bonds is 5. The molecule has 1 unspecified atom stereocenters. The van der Waals surface area contributed by atoms with E-state index >= 15 is 0 Å². The molecule has 0 radical (unpaired) electrons. The van der Waals surface area contributed by atoms with Gasteiger partial charge in [0.05, 0.1) is 22.9 Å². The molecule has 0 N–H and O–H groups in total. The lowest BCUT2D eigenvalue weighted by molar-refractivity contribution is 0.0787. The molecule has 1 aliphatic heterocycles. The lowest BCUT2D eigenvalue weighted by Crippen LogP contribution is -2.47. The van der Waals surface area contributed by atoms with Crippen molar-refractivity contribution < 1.29 is 0 Å². The second-order valence-electron chi connectivity index (χ2n) is 6.33. The van der Waals surface area contributed by atoms with Crippen molar-refractivity contribution in [1.82, 2.24) is 24.6 Å². The first kappa shape index (κ1) is 18.5. The molecule has 1 aromatic carbocycles. The molecule has 1 saturated heterocycles. The van der Waals surface area contributed by atoms with Gasteiger partial charge in [0.2, 0.25) is 0 Å². The number of thioether (sulfide) groups is 1. The third-order valence-electron chi connectivity index (χ3n) is 4.72. The van der Waals surface area contributed by atoms with E-state index < -0.39 is 0 Å². The molecule has 3 aromatic rings. The molecule has 2 aromatic heterocycles. The van der Waals surface area contributed by atoms with Gasteiger partial charge in [-0.15, -0.1) is 11.3 Å². The summed E-state index contributed by atoms with van der Waals surface area (Å²) in [6.45, 7) is 7.22. The van der Waals surface area contributed by atoms with Crippen molar-refractivity contribution in [3.05, 3.63) is 33.2 Å². The molecule has 26 heavy (non-hydrogen) atoms. The zero-order chi connectivity index (χ0) is 18.1. The predicted molar refractivity (Wildman–Crippen MR) is 114 cm³/mol. The van der Waals surface area contributed by atoms with Crippen molar-refractivity contribution in [1.29, 1.82) is 0 Å². The number of thiazole rings is 1. The molecule has 138 valence electrons. The van der Waals surface area contributed by atoms with Crippen LogP contribution >= 0.6 is 46.7 Å². The van der Waals surface area contributed by atoms with Crippen molar-refractivity contribution in [2.45, 2.75) is 24.0 Å². The molecule has 0 bridgehead atoms. The Morgan fingerprint density at radius 3 is 2.65 bits per heavy atom. The molecular weight excluding hydrogens is 402 g/mol. The molecule has 1 atom stereocenters. The largest absolute Gasteiger partial charge is 0.292 e. The Balaban J connectivity index is 1.38. The summed E-state index contributed by atoms with van der Waals surface area (Å²) in [6.07, 6.45) is 2.04. The third kappa shape index (κ3) is 3.88. The highest BCUT2D eigenvalue weighted by Gasteiger charge is 2.24. The number of fused-ring (bicyclic) bond motifs is 1. The fraction of sp³-hybridized carbons (Fsp3) is 0.471. The van der Waals surface area contributed by atoms with Gasteiger partial charge in [-0.2, -0.15) is 5.10 Å². The summed E-state index contributed by atoms with van der Waals surface area (Å²) in [4.78, 5) is 9.79. The second-order valence-corrected chi connectivity index (χ2v) is 10.1. The maximum atomic E-state index is 5.43. The second kappa shape index (κ2) is 8.04. The van der Waals surface area contributed by atoms with E-state index in [-0.39, 0.29) is 0 Å². The van der Waals surface area contributed by atoms with Crippen LogP contribution in [0.3, 0.4) is 0 Å². The van der Waals surface area contributed by atoms with E-state index in [2.05, 4.69) is 46.1 Å². The lowest BCUT2D eigenvalue weighted by Gasteiger charge is -2.37. The maximum absolute atomic E-state index is 5.43. The van der Waals surface area contributed by atoms with E-state index in [1.165, 1.54) is 9.71 Å². The highest BCUT2D eigenvalue weighted by Crippen LogP contribution is 2.30. The lowest BCUT2D eigenvalue weighted by atomic mass is 10.2. The normalized spacial score (nSPS) is 17.8. The fourth-order valence-corrected chi connectivity index (χ4v) is 5.96. The number of aromatic nitrogens is 3. The molecule has 1 aliphatic rings. The van der Waals surface area contributed by atoms with Gasteiger partial charge in [-0.1, -0.05) is 35.2 Å². The van der Waals surface area contributed by atoms with Gasteiger partial charge in [0.15, 0.2) is 8.29 Å². The standard InChI is InChI=1S/C17H21N5S4/c1-12(15-18-13-5-3-4-6-14(13)25-15)21-9-7-20(8-10-21)11-22-17(23)26-16(19-22)24-2/h3-6,12H,7-11H2,1-2H3. The van der Waals surface area contributed by atoms with Gasteiger partial charge >= 0.3 is 0 Å². The molecule has 0 amide bonds. The van der Waals surface area contributed by atoms with Crippen molar-refractivity contribution in [2.75, 3.05) is 32.4 Å². The molecule has 3 heterocycles. The first-order valence-electron chi connectivity index (χ1n) is 8.58. The maximum Gasteiger partial charge on any atom is 0.181 e. The topological polar surface area (TPSA) is 37.2 Å². The molecule has 0 aliphatic carbocycles. The van der Waals surface area contributed by atoms with Crippen molar-refractivity contribution >= 4 is 56.9 Å². The first-order valence-corrected chi connectivity index (χ1v) is 11.8. The number of piperazine rings is 1. The quantitative estimate of drug-likeness (QED) is 0.449. The Kier molecular flexibility index (Phi) is 5.72. The Bertz CT molecular complexity index is 905. The van der Waals surface area contributed by atoms with Crippen LogP contribution in [0.25, 0.3) is 10.2 Å². The minimum atomic E-state index is 0.360. The third-order valence-corrected chi connectivity index (χ3v) is 8.21. The van der Waals surface area contributed by atoms with Crippen LogP contribution in [0.1, 0.15) is 18.0 Å².